The van der Waals surface area contributed by atoms with Gasteiger partial charge in [0.15, 0.2) is 5.75 Å². The summed E-state index contributed by atoms with van der Waals surface area (Å²) >= 11 is 0. The molecule has 3 heteroatoms. The minimum atomic E-state index is -0.323. The number of nitrogens with zero attached hydrogens (tertiary/aromatic N) is 1. The monoisotopic (exact) mass is 201 g/mol. The van der Waals surface area contributed by atoms with Gasteiger partial charge in [-0.3, -0.25) is 9.78 Å². The Hall–Kier alpha value is -1.90. The van der Waals surface area contributed by atoms with Crippen LogP contribution in [0.25, 0.3) is 10.8 Å². The quantitative estimate of drug-likeness (QED) is 0.665. The maximum Gasteiger partial charge on any atom is 0.308 e. The molecule has 0 amide bonds. The van der Waals surface area contributed by atoms with E-state index in [4.69, 9.17) is 4.74 Å². The van der Waals surface area contributed by atoms with Crippen LogP contribution in [0.5, 0.6) is 5.75 Å². The number of pyridine rings is 1. The minimum Gasteiger partial charge on any atom is -0.424 e. The highest BCUT2D eigenvalue weighted by molar-refractivity contribution is 5.90. The molecule has 0 aliphatic heterocycles. The number of ether oxygens (including phenoxy) is 1. The Morgan fingerprint density at radius 3 is 2.80 bits per heavy atom. The number of fused-ring (bicyclic) bond motifs is 1. The summed E-state index contributed by atoms with van der Waals surface area (Å²) in [5, 5.41) is 1.89. The summed E-state index contributed by atoms with van der Waals surface area (Å²) in [6.07, 6.45) is 1.78. The van der Waals surface area contributed by atoms with Crippen molar-refractivity contribution < 1.29 is 9.53 Å². The summed E-state index contributed by atoms with van der Waals surface area (Å²) in [6.45, 7) is 3.21. The van der Waals surface area contributed by atoms with Gasteiger partial charge >= 0.3 is 5.97 Å². The van der Waals surface area contributed by atoms with Crippen molar-refractivity contribution in [3.8, 4) is 5.75 Å². The topological polar surface area (TPSA) is 39.2 Å². The maximum atomic E-state index is 11.0. The third-order valence-electron chi connectivity index (χ3n) is 2.18. The molecule has 2 rings (SSSR count). The van der Waals surface area contributed by atoms with Gasteiger partial charge in [-0.1, -0.05) is 24.3 Å². The number of benzene rings is 1. The van der Waals surface area contributed by atoms with Gasteiger partial charge in [0.1, 0.15) is 0 Å². The van der Waals surface area contributed by atoms with Crippen molar-refractivity contribution in [1.82, 2.24) is 4.98 Å². The van der Waals surface area contributed by atoms with E-state index in [1.54, 1.807) is 6.20 Å². The molecule has 0 unspecified atom stereocenters. The van der Waals surface area contributed by atoms with E-state index in [2.05, 4.69) is 4.98 Å². The Bertz CT molecular complexity index is 520. The standard InChI is InChI=1S/C12H11NO2/c1-8-12(15-9(2)14)11-6-4-3-5-10(11)7-13-8/h3-7H,1-2H3. The molecule has 3 nitrogen and oxygen atoms in total. The summed E-state index contributed by atoms with van der Waals surface area (Å²) in [5.41, 5.74) is 0.726. The van der Waals surface area contributed by atoms with Crippen molar-refractivity contribution in [2.45, 2.75) is 13.8 Å². The molecule has 1 heterocycles. The van der Waals surface area contributed by atoms with Crippen LogP contribution in [0.1, 0.15) is 12.6 Å². The Morgan fingerprint density at radius 1 is 1.33 bits per heavy atom. The van der Waals surface area contributed by atoms with Crippen LogP contribution in [0.15, 0.2) is 30.5 Å². The third-order valence-corrected chi connectivity index (χ3v) is 2.18. The molecular weight excluding hydrogens is 190 g/mol. The fourth-order valence-corrected chi connectivity index (χ4v) is 1.51. The summed E-state index contributed by atoms with van der Waals surface area (Å²) < 4.78 is 5.16. The average Bonchev–Trinajstić information content (AvgIpc) is 2.22. The van der Waals surface area contributed by atoms with E-state index in [-0.39, 0.29) is 5.97 Å². The van der Waals surface area contributed by atoms with Gasteiger partial charge in [0.2, 0.25) is 0 Å². The molecule has 0 aliphatic rings. The van der Waals surface area contributed by atoms with Crippen molar-refractivity contribution in [3.05, 3.63) is 36.2 Å². The van der Waals surface area contributed by atoms with E-state index >= 15 is 0 Å². The van der Waals surface area contributed by atoms with E-state index < -0.39 is 0 Å². The first-order valence-electron chi connectivity index (χ1n) is 4.71. The first kappa shape index (κ1) is 9.65. The predicted molar refractivity (Wildman–Crippen MR) is 57.8 cm³/mol. The van der Waals surface area contributed by atoms with Crippen LogP contribution < -0.4 is 4.74 Å². The lowest BCUT2D eigenvalue weighted by molar-refractivity contribution is -0.131. The molecule has 0 aliphatic carbocycles. The van der Waals surface area contributed by atoms with Crippen molar-refractivity contribution >= 4 is 16.7 Å². The summed E-state index contributed by atoms with van der Waals surface area (Å²) in [7, 11) is 0. The number of esters is 1. The zero-order valence-electron chi connectivity index (χ0n) is 8.65. The number of aryl methyl sites for hydroxylation is 1. The van der Waals surface area contributed by atoms with Crippen LogP contribution in [0, 0.1) is 6.92 Å². The van der Waals surface area contributed by atoms with Crippen molar-refractivity contribution in [3.63, 3.8) is 0 Å². The first-order chi connectivity index (χ1) is 7.18. The molecular formula is C12H11NO2. The SMILES string of the molecule is CC(=O)Oc1c(C)ncc2ccccc12. The molecule has 1 aromatic carbocycles. The molecule has 0 spiro atoms. The van der Waals surface area contributed by atoms with Gasteiger partial charge in [-0.2, -0.15) is 0 Å². The number of hydrogen-bond acceptors (Lipinski definition) is 3. The lowest BCUT2D eigenvalue weighted by atomic mass is 10.1. The van der Waals surface area contributed by atoms with Crippen LogP contribution >= 0.6 is 0 Å². The number of carbonyl (C=O) groups is 1. The van der Waals surface area contributed by atoms with Gasteiger partial charge in [-0.15, -0.1) is 0 Å². The average molecular weight is 201 g/mol. The molecule has 0 radical (unpaired) electrons. The van der Waals surface area contributed by atoms with E-state index in [0.29, 0.717) is 5.75 Å². The van der Waals surface area contributed by atoms with E-state index in [1.165, 1.54) is 6.92 Å². The van der Waals surface area contributed by atoms with Gasteiger partial charge in [-0.25, -0.2) is 0 Å². The molecule has 0 atom stereocenters. The molecule has 0 saturated heterocycles. The predicted octanol–water partition coefficient (Wildman–Crippen LogP) is 2.47. The second kappa shape index (κ2) is 3.69. The van der Waals surface area contributed by atoms with Crippen molar-refractivity contribution in [2.75, 3.05) is 0 Å². The van der Waals surface area contributed by atoms with Gasteiger partial charge in [0, 0.05) is 23.9 Å². The van der Waals surface area contributed by atoms with Crippen molar-refractivity contribution in [2.24, 2.45) is 0 Å². The Kier molecular flexibility index (Phi) is 2.37. The Morgan fingerprint density at radius 2 is 2.07 bits per heavy atom. The van der Waals surface area contributed by atoms with Crippen LogP contribution in [0.4, 0.5) is 0 Å². The highest BCUT2D eigenvalue weighted by Crippen LogP contribution is 2.27. The normalized spacial score (nSPS) is 10.3. The summed E-state index contributed by atoms with van der Waals surface area (Å²) in [5.74, 6) is 0.233. The van der Waals surface area contributed by atoms with Crippen LogP contribution in [0.2, 0.25) is 0 Å². The summed E-state index contributed by atoms with van der Waals surface area (Å²) in [6, 6.07) is 7.70. The van der Waals surface area contributed by atoms with E-state index in [1.807, 2.05) is 31.2 Å². The van der Waals surface area contributed by atoms with Crippen LogP contribution in [0.3, 0.4) is 0 Å². The lowest BCUT2D eigenvalue weighted by Gasteiger charge is -2.07. The third kappa shape index (κ3) is 1.81. The smallest absolute Gasteiger partial charge is 0.308 e. The van der Waals surface area contributed by atoms with E-state index in [0.717, 1.165) is 16.5 Å². The fourth-order valence-electron chi connectivity index (χ4n) is 1.51. The van der Waals surface area contributed by atoms with Gasteiger partial charge in [0.25, 0.3) is 0 Å². The highest BCUT2D eigenvalue weighted by atomic mass is 16.5. The van der Waals surface area contributed by atoms with Gasteiger partial charge in [-0.05, 0) is 6.92 Å². The van der Waals surface area contributed by atoms with E-state index in [9.17, 15) is 4.79 Å². The molecule has 15 heavy (non-hydrogen) atoms. The second-order valence-corrected chi connectivity index (χ2v) is 3.35. The molecule has 0 fully saturated rings. The zero-order chi connectivity index (χ0) is 10.8. The molecule has 0 saturated carbocycles. The Labute approximate surface area is 87.7 Å². The summed E-state index contributed by atoms with van der Waals surface area (Å²) in [4.78, 5) is 15.1. The fraction of sp³-hybridized carbons (Fsp3) is 0.167. The second-order valence-electron chi connectivity index (χ2n) is 3.35. The molecule has 1 aromatic heterocycles. The van der Waals surface area contributed by atoms with Gasteiger partial charge < -0.3 is 4.74 Å². The largest absolute Gasteiger partial charge is 0.424 e. The zero-order valence-corrected chi connectivity index (χ0v) is 8.65. The molecule has 0 N–H and O–H groups in total. The molecule has 2 aromatic rings. The van der Waals surface area contributed by atoms with Crippen LogP contribution in [-0.4, -0.2) is 11.0 Å². The molecule has 76 valence electrons. The number of rotatable bonds is 1. The lowest BCUT2D eigenvalue weighted by Crippen LogP contribution is -2.04. The van der Waals surface area contributed by atoms with Crippen molar-refractivity contribution in [1.29, 1.82) is 0 Å². The first-order valence-corrected chi connectivity index (χ1v) is 4.71. The van der Waals surface area contributed by atoms with Crippen LogP contribution in [-0.2, 0) is 4.79 Å². The highest BCUT2D eigenvalue weighted by Gasteiger charge is 2.08. The Balaban J connectivity index is 2.68. The number of carbonyl (C=O) groups excluding carboxylic acids is 1. The maximum absolute atomic E-state index is 11.0. The molecule has 0 bridgehead atoms. The number of aromatic nitrogens is 1. The number of hydrogen-bond donors (Lipinski definition) is 0. The van der Waals surface area contributed by atoms with Gasteiger partial charge in [0.05, 0.1) is 5.69 Å². The minimum absolute atomic E-state index is 0.323.